The van der Waals surface area contributed by atoms with E-state index in [1.807, 2.05) is 0 Å². The van der Waals surface area contributed by atoms with E-state index in [-0.39, 0.29) is 0 Å². The van der Waals surface area contributed by atoms with E-state index in [9.17, 15) is 30.0 Å². The number of sulfonamides is 1. The zero-order chi connectivity index (χ0) is 15.1. The minimum Gasteiger partial charge on any atom is -0.404 e. The summed E-state index contributed by atoms with van der Waals surface area (Å²) in [6.45, 7) is 0. The van der Waals surface area contributed by atoms with E-state index < -0.39 is 41.8 Å². The molecule has 0 fully saturated rings. The molecular weight excluding hydrogens is 311 g/mol. The highest BCUT2D eigenvalue weighted by Crippen LogP contribution is 2.30. The van der Waals surface area contributed by atoms with Crippen LogP contribution < -0.4 is 9.88 Å². The summed E-state index contributed by atoms with van der Waals surface area (Å²) < 4.78 is 84.4. The average molecular weight is 319 g/mol. The first-order valence-corrected chi connectivity index (χ1v) is 7.87. The molecule has 0 saturated heterocycles. The average Bonchev–Trinajstić information content (AvgIpc) is 2.11. The number of sulfone groups is 1. The van der Waals surface area contributed by atoms with Crippen molar-refractivity contribution in [1.82, 2.24) is 0 Å². The second-order valence-corrected chi connectivity index (χ2v) is 7.02. The van der Waals surface area contributed by atoms with E-state index >= 15 is 0 Å². The minimum absolute atomic E-state index is 0.494. The van der Waals surface area contributed by atoms with Crippen molar-refractivity contribution in [3.63, 3.8) is 0 Å². The predicted molar refractivity (Wildman–Crippen MR) is 57.6 cm³/mol. The van der Waals surface area contributed by atoms with Gasteiger partial charge in [-0.05, 0) is 18.2 Å². The van der Waals surface area contributed by atoms with Gasteiger partial charge in [0.15, 0.2) is 9.84 Å². The molecule has 0 spiro atoms. The summed E-state index contributed by atoms with van der Waals surface area (Å²) >= 11 is 0. The highest BCUT2D eigenvalue weighted by molar-refractivity contribution is 7.91. The normalized spacial score (nSPS) is 13.3. The molecule has 0 aromatic heterocycles. The molecular formula is C8H8F3NO5S2. The van der Waals surface area contributed by atoms with E-state index in [4.69, 9.17) is 5.14 Å². The quantitative estimate of drug-likeness (QED) is 0.880. The van der Waals surface area contributed by atoms with Crippen molar-refractivity contribution >= 4 is 19.9 Å². The minimum atomic E-state index is -5.13. The maximum atomic E-state index is 12.1. The number of ether oxygens (including phenoxy) is 1. The molecule has 19 heavy (non-hydrogen) atoms. The molecule has 0 unspecified atom stereocenters. The van der Waals surface area contributed by atoms with Crippen LogP contribution in [-0.4, -0.2) is 29.5 Å². The third-order valence-electron chi connectivity index (χ3n) is 1.88. The van der Waals surface area contributed by atoms with E-state index in [2.05, 4.69) is 4.74 Å². The number of nitrogens with two attached hydrogens (primary N) is 1. The molecule has 0 aliphatic carbocycles. The fourth-order valence-corrected chi connectivity index (χ4v) is 2.55. The SMILES string of the molecule is CS(=O)(=O)c1ccc(OC(F)(F)F)c(S(N)(=O)=O)c1. The Labute approximate surface area is 106 Å². The Hall–Kier alpha value is -1.33. The van der Waals surface area contributed by atoms with Crippen molar-refractivity contribution in [1.29, 1.82) is 0 Å². The topological polar surface area (TPSA) is 104 Å². The van der Waals surface area contributed by atoms with Gasteiger partial charge < -0.3 is 4.74 Å². The number of halogens is 3. The molecule has 0 bridgehead atoms. The summed E-state index contributed by atoms with van der Waals surface area (Å²) in [5, 5.41) is 4.72. The first kappa shape index (κ1) is 15.7. The van der Waals surface area contributed by atoms with Gasteiger partial charge in [0, 0.05) is 6.26 Å². The summed E-state index contributed by atoms with van der Waals surface area (Å²) in [6.07, 6.45) is -4.37. The van der Waals surface area contributed by atoms with Gasteiger partial charge in [-0.25, -0.2) is 22.0 Å². The molecule has 2 N–H and O–H groups in total. The molecule has 1 aromatic rings. The van der Waals surface area contributed by atoms with Gasteiger partial charge in [0.25, 0.3) is 0 Å². The molecule has 0 radical (unpaired) electrons. The smallest absolute Gasteiger partial charge is 0.404 e. The van der Waals surface area contributed by atoms with Crippen LogP contribution >= 0.6 is 0 Å². The molecule has 0 amide bonds. The van der Waals surface area contributed by atoms with Crippen molar-refractivity contribution in [3.8, 4) is 5.75 Å². The summed E-state index contributed by atoms with van der Waals surface area (Å²) in [6, 6.07) is 1.86. The molecule has 108 valence electrons. The highest BCUT2D eigenvalue weighted by Gasteiger charge is 2.34. The van der Waals surface area contributed by atoms with Crippen LogP contribution in [0.4, 0.5) is 13.2 Å². The lowest BCUT2D eigenvalue weighted by atomic mass is 10.3. The molecule has 1 rings (SSSR count). The predicted octanol–water partition coefficient (Wildman–Crippen LogP) is 0.636. The third-order valence-corrected chi connectivity index (χ3v) is 3.92. The zero-order valence-corrected chi connectivity index (χ0v) is 10.9. The van der Waals surface area contributed by atoms with Crippen LogP contribution in [0, 0.1) is 0 Å². The van der Waals surface area contributed by atoms with Crippen LogP contribution in [0.15, 0.2) is 28.0 Å². The van der Waals surface area contributed by atoms with E-state index in [0.717, 1.165) is 12.3 Å². The highest BCUT2D eigenvalue weighted by atomic mass is 32.2. The molecule has 1 aromatic carbocycles. The third kappa shape index (κ3) is 4.36. The summed E-state index contributed by atoms with van der Waals surface area (Å²) in [4.78, 5) is -1.56. The Balaban J connectivity index is 3.52. The van der Waals surface area contributed by atoms with Gasteiger partial charge >= 0.3 is 6.36 Å². The van der Waals surface area contributed by atoms with Crippen LogP contribution in [0.25, 0.3) is 0 Å². The number of hydrogen-bond donors (Lipinski definition) is 1. The van der Waals surface area contributed by atoms with Crippen molar-refractivity contribution in [3.05, 3.63) is 18.2 Å². The van der Waals surface area contributed by atoms with Gasteiger partial charge in [-0.15, -0.1) is 13.2 Å². The molecule has 6 nitrogen and oxygen atoms in total. The lowest BCUT2D eigenvalue weighted by Crippen LogP contribution is -2.21. The lowest BCUT2D eigenvalue weighted by Gasteiger charge is -2.12. The van der Waals surface area contributed by atoms with E-state index in [0.29, 0.717) is 12.1 Å². The van der Waals surface area contributed by atoms with E-state index in [1.165, 1.54) is 0 Å². The first-order chi connectivity index (χ1) is 8.31. The Bertz CT molecular complexity index is 694. The fraction of sp³-hybridized carbons (Fsp3) is 0.250. The lowest BCUT2D eigenvalue weighted by molar-refractivity contribution is -0.275. The summed E-state index contributed by atoms with van der Waals surface area (Å²) in [5.41, 5.74) is 0. The second kappa shape index (κ2) is 4.65. The van der Waals surface area contributed by atoms with Gasteiger partial charge in [-0.2, -0.15) is 0 Å². The van der Waals surface area contributed by atoms with Gasteiger partial charge in [0.05, 0.1) is 4.90 Å². The van der Waals surface area contributed by atoms with Gasteiger partial charge in [-0.3, -0.25) is 0 Å². The number of alkyl halides is 3. The number of benzene rings is 1. The van der Waals surface area contributed by atoms with Gasteiger partial charge in [-0.1, -0.05) is 0 Å². The van der Waals surface area contributed by atoms with E-state index in [1.54, 1.807) is 0 Å². The molecule has 0 aliphatic rings. The van der Waals surface area contributed by atoms with Crippen LogP contribution in [0.5, 0.6) is 5.75 Å². The van der Waals surface area contributed by atoms with Crippen molar-refractivity contribution in [2.75, 3.05) is 6.26 Å². The van der Waals surface area contributed by atoms with Crippen LogP contribution in [-0.2, 0) is 19.9 Å². The standard InChI is InChI=1S/C8H8F3NO5S2/c1-18(13,14)5-2-3-6(17-8(9,10)11)7(4-5)19(12,15)16/h2-4H,1H3,(H2,12,15,16). The van der Waals surface area contributed by atoms with Crippen molar-refractivity contribution < 1.29 is 34.7 Å². The molecule has 0 aliphatic heterocycles. The largest absolute Gasteiger partial charge is 0.573 e. The fourth-order valence-electron chi connectivity index (χ4n) is 1.15. The first-order valence-electron chi connectivity index (χ1n) is 4.43. The number of primary sulfonamides is 1. The number of rotatable bonds is 3. The monoisotopic (exact) mass is 319 g/mol. The van der Waals surface area contributed by atoms with Gasteiger partial charge in [0.1, 0.15) is 10.6 Å². The Morgan fingerprint density at radius 1 is 1.16 bits per heavy atom. The van der Waals surface area contributed by atoms with Crippen LogP contribution in [0.1, 0.15) is 0 Å². The van der Waals surface area contributed by atoms with Gasteiger partial charge in [0.2, 0.25) is 10.0 Å². The second-order valence-electron chi connectivity index (χ2n) is 3.47. The maximum absolute atomic E-state index is 12.1. The Morgan fingerprint density at radius 2 is 1.68 bits per heavy atom. The maximum Gasteiger partial charge on any atom is 0.573 e. The number of hydrogen-bond acceptors (Lipinski definition) is 5. The zero-order valence-electron chi connectivity index (χ0n) is 9.30. The van der Waals surface area contributed by atoms with Crippen molar-refractivity contribution in [2.24, 2.45) is 5.14 Å². The molecule has 0 atom stereocenters. The molecule has 0 heterocycles. The Kier molecular flexibility index (Phi) is 3.85. The molecule has 11 heteroatoms. The summed E-state index contributed by atoms with van der Waals surface area (Å²) in [7, 11) is -8.38. The van der Waals surface area contributed by atoms with Crippen LogP contribution in [0.2, 0.25) is 0 Å². The Morgan fingerprint density at radius 3 is 2.05 bits per heavy atom. The molecule has 0 saturated carbocycles. The van der Waals surface area contributed by atoms with Crippen LogP contribution in [0.3, 0.4) is 0 Å². The summed E-state index contributed by atoms with van der Waals surface area (Å²) in [5.74, 6) is -1.10. The van der Waals surface area contributed by atoms with Crippen molar-refractivity contribution in [2.45, 2.75) is 16.2 Å².